The zero-order valence-corrected chi connectivity index (χ0v) is 18.7. The van der Waals surface area contributed by atoms with Crippen molar-refractivity contribution in [1.29, 1.82) is 0 Å². The summed E-state index contributed by atoms with van der Waals surface area (Å²) in [6, 6.07) is 10.6. The van der Waals surface area contributed by atoms with Gasteiger partial charge in [0.05, 0.1) is 6.61 Å². The zero-order chi connectivity index (χ0) is 25.7. The van der Waals surface area contributed by atoms with Crippen LogP contribution in [-0.2, 0) is 16.1 Å². The Hall–Kier alpha value is -4.26. The van der Waals surface area contributed by atoms with E-state index in [0.29, 0.717) is 35.7 Å². The van der Waals surface area contributed by atoms with Crippen molar-refractivity contribution in [3.05, 3.63) is 59.9 Å². The van der Waals surface area contributed by atoms with E-state index in [1.54, 1.807) is 30.3 Å². The number of primary amides is 1. The number of hydrogen-bond donors (Lipinski definition) is 3. The number of nitrogens with zero attached hydrogens (tertiary/aromatic N) is 3. The molecule has 1 aliphatic rings. The third-order valence-electron chi connectivity index (χ3n) is 5.02. The molecule has 4 N–H and O–H groups in total. The molecule has 36 heavy (non-hydrogen) atoms. The molecular formula is C23H21F3N6O4. The number of hydrogen-bond acceptors (Lipinski definition) is 8. The summed E-state index contributed by atoms with van der Waals surface area (Å²) in [5.74, 6) is 0.276. The summed E-state index contributed by atoms with van der Waals surface area (Å²) >= 11 is 0. The molecule has 1 aromatic carbocycles. The molecule has 188 valence electrons. The number of amides is 2. The third-order valence-corrected chi connectivity index (χ3v) is 5.02. The molecule has 0 radical (unpaired) electrons. The van der Waals surface area contributed by atoms with Gasteiger partial charge in [0.25, 0.3) is 5.91 Å². The van der Waals surface area contributed by atoms with Crippen LogP contribution in [0.15, 0.2) is 48.7 Å². The average Bonchev–Trinajstić information content (AvgIpc) is 3.24. The van der Waals surface area contributed by atoms with Crippen LogP contribution in [0.5, 0.6) is 11.6 Å². The van der Waals surface area contributed by atoms with E-state index in [-0.39, 0.29) is 29.9 Å². The fourth-order valence-electron chi connectivity index (χ4n) is 3.32. The van der Waals surface area contributed by atoms with Crippen LogP contribution in [0.25, 0.3) is 11.4 Å². The molecule has 4 rings (SSSR count). The van der Waals surface area contributed by atoms with Gasteiger partial charge in [-0.2, -0.15) is 13.2 Å². The Morgan fingerprint density at radius 1 is 1.17 bits per heavy atom. The number of aromatic nitrogens is 3. The molecule has 3 aromatic rings. The monoisotopic (exact) mass is 502 g/mol. The fourth-order valence-corrected chi connectivity index (χ4v) is 3.32. The standard InChI is InChI=1S/C23H21F3N6O4/c24-23(25,26)12-35-11-13-1-6-19(29-10-13)36-15-4-2-14(3-5-15)21-31-17(20(27)33)9-18(32-21)30-16-7-8-28-22(16)34/h1-6,9-10,16H,7-8,11-12H2,(H2,27,33)(H,28,34)(H,30,31,32). The van der Waals surface area contributed by atoms with Gasteiger partial charge in [0, 0.05) is 30.4 Å². The first-order chi connectivity index (χ1) is 17.2. The highest BCUT2D eigenvalue weighted by molar-refractivity contribution is 5.92. The summed E-state index contributed by atoms with van der Waals surface area (Å²) in [6.45, 7) is -1.02. The second kappa shape index (κ2) is 10.6. The Labute approximate surface area is 203 Å². The highest BCUT2D eigenvalue weighted by Gasteiger charge is 2.27. The normalized spacial score (nSPS) is 15.4. The molecule has 0 bridgehead atoms. The lowest BCUT2D eigenvalue weighted by molar-refractivity contribution is -0.176. The van der Waals surface area contributed by atoms with Crippen molar-refractivity contribution in [3.8, 4) is 23.0 Å². The summed E-state index contributed by atoms with van der Waals surface area (Å²) in [7, 11) is 0. The Morgan fingerprint density at radius 3 is 2.56 bits per heavy atom. The number of pyridine rings is 1. The smallest absolute Gasteiger partial charge is 0.411 e. The van der Waals surface area contributed by atoms with E-state index in [1.165, 1.54) is 18.3 Å². The maximum Gasteiger partial charge on any atom is 0.411 e. The van der Waals surface area contributed by atoms with Crippen molar-refractivity contribution in [3.63, 3.8) is 0 Å². The molecule has 2 aromatic heterocycles. The minimum atomic E-state index is -4.39. The van der Waals surface area contributed by atoms with Gasteiger partial charge in [0.1, 0.15) is 29.9 Å². The molecule has 3 heterocycles. The molecule has 1 fully saturated rings. The topological polar surface area (TPSA) is 141 Å². The van der Waals surface area contributed by atoms with Crippen molar-refractivity contribution in [2.45, 2.75) is 25.2 Å². The highest BCUT2D eigenvalue weighted by atomic mass is 19.4. The van der Waals surface area contributed by atoms with Crippen molar-refractivity contribution < 1.29 is 32.2 Å². The summed E-state index contributed by atoms with van der Waals surface area (Å²) in [4.78, 5) is 36.3. The van der Waals surface area contributed by atoms with Crippen LogP contribution in [-0.4, -0.2) is 52.1 Å². The number of ether oxygens (including phenoxy) is 2. The molecule has 0 saturated carbocycles. The highest BCUT2D eigenvalue weighted by Crippen LogP contribution is 2.25. The minimum Gasteiger partial charge on any atom is -0.439 e. The zero-order valence-electron chi connectivity index (χ0n) is 18.7. The number of carbonyl (C=O) groups is 2. The molecule has 2 amide bonds. The first-order valence-electron chi connectivity index (χ1n) is 10.8. The molecule has 0 spiro atoms. The molecule has 13 heteroatoms. The van der Waals surface area contributed by atoms with Crippen LogP contribution in [0, 0.1) is 0 Å². The Bertz CT molecular complexity index is 1240. The number of alkyl halides is 3. The number of halogens is 3. The first kappa shape index (κ1) is 24.9. The maximum absolute atomic E-state index is 12.2. The third kappa shape index (κ3) is 6.66. The number of nitrogens with two attached hydrogens (primary N) is 1. The molecule has 10 nitrogen and oxygen atoms in total. The van der Waals surface area contributed by atoms with Gasteiger partial charge in [-0.25, -0.2) is 15.0 Å². The number of carbonyl (C=O) groups excluding carboxylic acids is 2. The predicted octanol–water partition coefficient (Wildman–Crippen LogP) is 2.81. The molecule has 1 aliphatic heterocycles. The van der Waals surface area contributed by atoms with Crippen LogP contribution in [0.1, 0.15) is 22.5 Å². The quantitative estimate of drug-likeness (QED) is 0.406. The van der Waals surface area contributed by atoms with E-state index in [0.717, 1.165) is 0 Å². The summed E-state index contributed by atoms with van der Waals surface area (Å²) < 4.78 is 46.8. The summed E-state index contributed by atoms with van der Waals surface area (Å²) in [5, 5.41) is 5.71. The van der Waals surface area contributed by atoms with Gasteiger partial charge in [-0.1, -0.05) is 0 Å². The molecule has 1 atom stereocenters. The SMILES string of the molecule is NC(=O)c1cc(NC2CCNC2=O)nc(-c2ccc(Oc3ccc(COCC(F)(F)F)cn3)cc2)n1. The van der Waals surface area contributed by atoms with E-state index in [9.17, 15) is 22.8 Å². The molecular weight excluding hydrogens is 481 g/mol. The summed E-state index contributed by atoms with van der Waals surface area (Å²) in [6.07, 6.45) is -2.45. The van der Waals surface area contributed by atoms with Crippen molar-refractivity contribution in [2.24, 2.45) is 5.73 Å². The van der Waals surface area contributed by atoms with Crippen LogP contribution in [0.2, 0.25) is 0 Å². The lowest BCUT2D eigenvalue weighted by atomic mass is 10.2. The Balaban J connectivity index is 1.43. The van der Waals surface area contributed by atoms with Crippen LogP contribution < -0.4 is 21.1 Å². The van der Waals surface area contributed by atoms with Gasteiger partial charge < -0.3 is 25.8 Å². The van der Waals surface area contributed by atoms with Crippen molar-refractivity contribution in [2.75, 3.05) is 18.5 Å². The van der Waals surface area contributed by atoms with E-state index < -0.39 is 24.7 Å². The van der Waals surface area contributed by atoms with Gasteiger partial charge in [-0.3, -0.25) is 9.59 Å². The van der Waals surface area contributed by atoms with E-state index in [4.69, 9.17) is 10.5 Å². The van der Waals surface area contributed by atoms with Gasteiger partial charge in [0.15, 0.2) is 5.82 Å². The van der Waals surface area contributed by atoms with Crippen molar-refractivity contribution in [1.82, 2.24) is 20.3 Å². The number of anilines is 1. The van der Waals surface area contributed by atoms with Crippen molar-refractivity contribution >= 4 is 17.6 Å². The molecule has 0 aliphatic carbocycles. The van der Waals surface area contributed by atoms with Gasteiger partial charge in [-0.05, 0) is 42.3 Å². The average molecular weight is 502 g/mol. The molecule has 1 unspecified atom stereocenters. The minimum absolute atomic E-state index is 0.00951. The van der Waals surface area contributed by atoms with E-state index in [2.05, 4.69) is 30.3 Å². The second-order valence-electron chi connectivity index (χ2n) is 7.84. The van der Waals surface area contributed by atoms with E-state index in [1.807, 2.05) is 0 Å². The second-order valence-corrected chi connectivity index (χ2v) is 7.84. The Morgan fingerprint density at radius 2 is 1.94 bits per heavy atom. The number of benzene rings is 1. The fraction of sp³-hybridized carbons (Fsp3) is 0.261. The number of rotatable bonds is 9. The maximum atomic E-state index is 12.2. The van der Waals surface area contributed by atoms with Crippen LogP contribution in [0.3, 0.4) is 0 Å². The lowest BCUT2D eigenvalue weighted by Crippen LogP contribution is -2.30. The predicted molar refractivity (Wildman–Crippen MR) is 121 cm³/mol. The van der Waals surface area contributed by atoms with Gasteiger partial charge in [0.2, 0.25) is 11.8 Å². The Kier molecular flexibility index (Phi) is 7.29. The number of nitrogens with one attached hydrogen (secondary N) is 2. The largest absolute Gasteiger partial charge is 0.439 e. The lowest BCUT2D eigenvalue weighted by Gasteiger charge is -2.13. The van der Waals surface area contributed by atoms with Gasteiger partial charge in [-0.15, -0.1) is 0 Å². The first-order valence-corrected chi connectivity index (χ1v) is 10.8. The summed E-state index contributed by atoms with van der Waals surface area (Å²) in [5.41, 5.74) is 6.43. The van der Waals surface area contributed by atoms with Crippen LogP contribution >= 0.6 is 0 Å². The van der Waals surface area contributed by atoms with Crippen LogP contribution in [0.4, 0.5) is 19.0 Å². The van der Waals surface area contributed by atoms with E-state index >= 15 is 0 Å². The molecule has 1 saturated heterocycles. The van der Waals surface area contributed by atoms with Gasteiger partial charge >= 0.3 is 6.18 Å².